The van der Waals surface area contributed by atoms with Crippen LogP contribution >= 0.6 is 15.9 Å². The highest BCUT2D eigenvalue weighted by Gasteiger charge is 2.10. The molecule has 0 saturated carbocycles. The summed E-state index contributed by atoms with van der Waals surface area (Å²) < 4.78 is 0.730. The maximum atomic E-state index is 9.80. The van der Waals surface area contributed by atoms with E-state index in [-0.39, 0.29) is 6.61 Å². The van der Waals surface area contributed by atoms with E-state index in [1.54, 1.807) is 0 Å². The van der Waals surface area contributed by atoms with Crippen molar-refractivity contribution >= 4 is 15.9 Å². The van der Waals surface area contributed by atoms with Gasteiger partial charge in [0.15, 0.2) is 0 Å². The highest BCUT2D eigenvalue weighted by atomic mass is 79.9. The smallest absolute Gasteiger partial charge is 0.133 e. The zero-order valence-electron chi connectivity index (χ0n) is 8.47. The monoisotopic (exact) mass is 258 g/mol. The molecule has 0 amide bonds. The van der Waals surface area contributed by atoms with E-state index in [0.717, 1.165) is 21.2 Å². The Morgan fingerprint density at radius 1 is 1.36 bits per heavy atom. The van der Waals surface area contributed by atoms with Crippen molar-refractivity contribution in [2.45, 2.75) is 26.7 Å². The van der Waals surface area contributed by atoms with Crippen LogP contribution in [0, 0.1) is 13.8 Å². The van der Waals surface area contributed by atoms with E-state index in [1.165, 1.54) is 0 Å². The van der Waals surface area contributed by atoms with E-state index >= 15 is 0 Å². The second-order valence-corrected chi connectivity index (χ2v) is 4.31. The highest BCUT2D eigenvalue weighted by Crippen LogP contribution is 2.33. The van der Waals surface area contributed by atoms with Crippen LogP contribution in [0.1, 0.15) is 23.1 Å². The van der Waals surface area contributed by atoms with Crippen molar-refractivity contribution in [2.75, 3.05) is 6.61 Å². The van der Waals surface area contributed by atoms with Crippen LogP contribution in [0.15, 0.2) is 10.5 Å². The standard InChI is InChI=1S/C11H15BrO2/c1-7-6-10(12)11(14)9(8(7)2)4-3-5-13/h6,13-14H,3-5H2,1-2H3. The molecule has 0 spiro atoms. The van der Waals surface area contributed by atoms with Crippen molar-refractivity contribution in [1.29, 1.82) is 0 Å². The number of rotatable bonds is 3. The molecule has 14 heavy (non-hydrogen) atoms. The summed E-state index contributed by atoms with van der Waals surface area (Å²) in [6, 6.07) is 1.91. The molecule has 0 aliphatic heterocycles. The molecule has 2 N–H and O–H groups in total. The predicted octanol–water partition coefficient (Wildman–Crippen LogP) is 2.70. The molecule has 2 nitrogen and oxygen atoms in total. The van der Waals surface area contributed by atoms with Gasteiger partial charge in [-0.05, 0) is 65.4 Å². The summed E-state index contributed by atoms with van der Waals surface area (Å²) in [6.07, 6.45) is 1.40. The largest absolute Gasteiger partial charge is 0.506 e. The molecular weight excluding hydrogens is 244 g/mol. The van der Waals surface area contributed by atoms with Gasteiger partial charge in [0.1, 0.15) is 5.75 Å². The summed E-state index contributed by atoms with van der Waals surface area (Å²) >= 11 is 3.31. The predicted molar refractivity (Wildman–Crippen MR) is 60.7 cm³/mol. The molecule has 1 aromatic rings. The highest BCUT2D eigenvalue weighted by molar-refractivity contribution is 9.10. The first kappa shape index (κ1) is 11.5. The molecule has 0 atom stereocenters. The number of phenolic OH excluding ortho intramolecular Hbond substituents is 1. The third-order valence-corrected chi connectivity index (χ3v) is 3.09. The molecule has 1 rings (SSSR count). The second kappa shape index (κ2) is 4.80. The molecular formula is C11H15BrO2. The zero-order valence-corrected chi connectivity index (χ0v) is 10.1. The fraction of sp³-hybridized carbons (Fsp3) is 0.455. The van der Waals surface area contributed by atoms with Crippen LogP contribution in [0.2, 0.25) is 0 Å². The van der Waals surface area contributed by atoms with Crippen LogP contribution in [-0.4, -0.2) is 16.8 Å². The van der Waals surface area contributed by atoms with Crippen LogP contribution in [0.4, 0.5) is 0 Å². The lowest BCUT2D eigenvalue weighted by Crippen LogP contribution is -1.96. The molecule has 78 valence electrons. The minimum absolute atomic E-state index is 0.157. The average molecular weight is 259 g/mol. The van der Waals surface area contributed by atoms with Crippen LogP contribution in [0.3, 0.4) is 0 Å². The zero-order chi connectivity index (χ0) is 10.7. The van der Waals surface area contributed by atoms with Gasteiger partial charge in [0.25, 0.3) is 0 Å². The minimum atomic E-state index is 0.157. The Kier molecular flexibility index (Phi) is 3.96. The Morgan fingerprint density at radius 3 is 2.57 bits per heavy atom. The van der Waals surface area contributed by atoms with Gasteiger partial charge in [-0.2, -0.15) is 0 Å². The molecule has 3 heteroatoms. The lowest BCUT2D eigenvalue weighted by atomic mass is 9.99. The summed E-state index contributed by atoms with van der Waals surface area (Å²) in [5.74, 6) is 0.307. The molecule has 0 aromatic heterocycles. The number of aryl methyl sites for hydroxylation is 1. The Labute approximate surface area is 92.7 Å². The van der Waals surface area contributed by atoms with E-state index in [4.69, 9.17) is 5.11 Å². The number of aliphatic hydroxyl groups excluding tert-OH is 1. The average Bonchev–Trinajstić information content (AvgIpc) is 2.15. The van der Waals surface area contributed by atoms with Crippen LogP contribution in [-0.2, 0) is 6.42 Å². The van der Waals surface area contributed by atoms with Gasteiger partial charge in [0.2, 0.25) is 0 Å². The van der Waals surface area contributed by atoms with Crippen molar-refractivity contribution in [1.82, 2.24) is 0 Å². The van der Waals surface area contributed by atoms with Gasteiger partial charge in [0.05, 0.1) is 4.47 Å². The van der Waals surface area contributed by atoms with Gasteiger partial charge in [0, 0.05) is 6.61 Å². The van der Waals surface area contributed by atoms with Crippen LogP contribution in [0.25, 0.3) is 0 Å². The summed E-state index contributed by atoms with van der Waals surface area (Å²) in [5.41, 5.74) is 3.20. The first-order valence-electron chi connectivity index (χ1n) is 4.66. The number of phenols is 1. The van der Waals surface area contributed by atoms with Crippen molar-refractivity contribution < 1.29 is 10.2 Å². The number of benzene rings is 1. The summed E-state index contributed by atoms with van der Waals surface area (Å²) in [5, 5.41) is 18.6. The molecule has 0 radical (unpaired) electrons. The van der Waals surface area contributed by atoms with Gasteiger partial charge in [-0.3, -0.25) is 0 Å². The van der Waals surface area contributed by atoms with Crippen molar-refractivity contribution in [3.8, 4) is 5.75 Å². The summed E-state index contributed by atoms with van der Waals surface area (Å²) in [4.78, 5) is 0. The molecule has 1 aromatic carbocycles. The summed E-state index contributed by atoms with van der Waals surface area (Å²) in [7, 11) is 0. The maximum Gasteiger partial charge on any atom is 0.133 e. The SMILES string of the molecule is Cc1cc(Br)c(O)c(CCCO)c1C. The normalized spacial score (nSPS) is 10.6. The van der Waals surface area contributed by atoms with Gasteiger partial charge in [-0.1, -0.05) is 0 Å². The number of hydrogen-bond acceptors (Lipinski definition) is 2. The topological polar surface area (TPSA) is 40.5 Å². The molecule has 0 aliphatic rings. The quantitative estimate of drug-likeness (QED) is 0.876. The third kappa shape index (κ3) is 2.28. The molecule has 0 saturated heterocycles. The first-order valence-corrected chi connectivity index (χ1v) is 5.45. The number of hydrogen-bond donors (Lipinski definition) is 2. The fourth-order valence-corrected chi connectivity index (χ4v) is 2.07. The van der Waals surface area contributed by atoms with Crippen molar-refractivity contribution in [3.05, 3.63) is 27.2 Å². The van der Waals surface area contributed by atoms with E-state index in [0.29, 0.717) is 18.6 Å². The maximum absolute atomic E-state index is 9.80. The van der Waals surface area contributed by atoms with Gasteiger partial charge >= 0.3 is 0 Å². The number of aliphatic hydroxyl groups is 1. The Morgan fingerprint density at radius 2 is 2.00 bits per heavy atom. The Hall–Kier alpha value is -0.540. The molecule has 0 bridgehead atoms. The van der Waals surface area contributed by atoms with Crippen molar-refractivity contribution in [2.24, 2.45) is 0 Å². The van der Waals surface area contributed by atoms with Gasteiger partial charge < -0.3 is 10.2 Å². The number of halogens is 1. The molecule has 0 unspecified atom stereocenters. The van der Waals surface area contributed by atoms with E-state index in [9.17, 15) is 5.11 Å². The fourth-order valence-electron chi connectivity index (χ4n) is 1.49. The Bertz CT molecular complexity index is 308. The minimum Gasteiger partial charge on any atom is -0.506 e. The van der Waals surface area contributed by atoms with Crippen LogP contribution < -0.4 is 0 Å². The van der Waals surface area contributed by atoms with E-state index in [1.807, 2.05) is 19.9 Å². The second-order valence-electron chi connectivity index (χ2n) is 3.45. The lowest BCUT2D eigenvalue weighted by molar-refractivity contribution is 0.288. The molecule has 0 aliphatic carbocycles. The van der Waals surface area contributed by atoms with Crippen molar-refractivity contribution in [3.63, 3.8) is 0 Å². The summed E-state index contributed by atoms with van der Waals surface area (Å²) in [6.45, 7) is 4.17. The first-order chi connectivity index (χ1) is 6.57. The third-order valence-electron chi connectivity index (χ3n) is 2.48. The molecule has 0 heterocycles. The van der Waals surface area contributed by atoms with Crippen LogP contribution in [0.5, 0.6) is 5.75 Å². The Balaban J connectivity index is 3.11. The van der Waals surface area contributed by atoms with E-state index in [2.05, 4.69) is 15.9 Å². The number of aromatic hydroxyl groups is 1. The van der Waals surface area contributed by atoms with Gasteiger partial charge in [-0.15, -0.1) is 0 Å². The van der Waals surface area contributed by atoms with E-state index < -0.39 is 0 Å². The molecule has 0 fully saturated rings. The lowest BCUT2D eigenvalue weighted by Gasteiger charge is -2.12. The van der Waals surface area contributed by atoms with Gasteiger partial charge in [-0.25, -0.2) is 0 Å².